The molecular weight excluding hydrogens is 351 g/mol. The van der Waals surface area contributed by atoms with E-state index in [0.717, 1.165) is 31.6 Å². The van der Waals surface area contributed by atoms with E-state index in [1.165, 1.54) is 0 Å². The number of carbonyl (C=O) groups is 1. The van der Waals surface area contributed by atoms with Crippen LogP contribution in [0.4, 0.5) is 0 Å². The van der Waals surface area contributed by atoms with Crippen molar-refractivity contribution in [2.24, 2.45) is 0 Å². The molecule has 19 heavy (non-hydrogen) atoms. The van der Waals surface area contributed by atoms with Gasteiger partial charge in [-0.25, -0.2) is 0 Å². The van der Waals surface area contributed by atoms with Gasteiger partial charge in [-0.15, -0.1) is 0 Å². The van der Waals surface area contributed by atoms with Crippen molar-refractivity contribution in [3.05, 3.63) is 62.2 Å². The largest absolute Gasteiger partial charge is 0.496 e. The third-order valence-corrected chi connectivity index (χ3v) is 4.05. The third-order valence-electron chi connectivity index (χ3n) is 3.10. The first-order valence-corrected chi connectivity index (χ1v) is 7.07. The first-order chi connectivity index (χ1) is 9.04. The van der Waals surface area contributed by atoms with Gasteiger partial charge in [0, 0.05) is 14.7 Å². The van der Waals surface area contributed by atoms with E-state index in [2.05, 4.69) is 22.6 Å². The average Bonchev–Trinajstić information content (AvgIpc) is 2.40. The Bertz CT molecular complexity index is 633. The number of benzene rings is 2. The molecule has 0 heterocycles. The van der Waals surface area contributed by atoms with Crippen LogP contribution in [0.15, 0.2) is 36.4 Å². The molecule has 2 aromatic carbocycles. The molecule has 0 saturated heterocycles. The van der Waals surface area contributed by atoms with Crippen molar-refractivity contribution < 1.29 is 9.53 Å². The standard InChI is InChI=1S/C16H15IO2/c1-10-9-15(19-3)11(2)8-13(10)16(18)12-6-4-5-7-14(12)17/h4-9H,1-3H3. The van der Waals surface area contributed by atoms with Gasteiger partial charge in [-0.3, -0.25) is 4.79 Å². The van der Waals surface area contributed by atoms with E-state index in [4.69, 9.17) is 4.74 Å². The highest BCUT2D eigenvalue weighted by Crippen LogP contribution is 2.25. The number of aryl methyl sites for hydroxylation is 2. The molecule has 0 fully saturated rings. The Hall–Kier alpha value is -1.36. The summed E-state index contributed by atoms with van der Waals surface area (Å²) >= 11 is 2.19. The summed E-state index contributed by atoms with van der Waals surface area (Å²) in [6, 6.07) is 11.5. The number of hydrogen-bond donors (Lipinski definition) is 0. The quantitative estimate of drug-likeness (QED) is 0.603. The molecular formula is C16H15IO2. The Balaban J connectivity index is 2.51. The Labute approximate surface area is 126 Å². The second kappa shape index (κ2) is 5.74. The summed E-state index contributed by atoms with van der Waals surface area (Å²) in [7, 11) is 1.64. The maximum atomic E-state index is 12.6. The fourth-order valence-corrected chi connectivity index (χ4v) is 2.68. The topological polar surface area (TPSA) is 26.3 Å². The van der Waals surface area contributed by atoms with E-state index >= 15 is 0 Å². The van der Waals surface area contributed by atoms with Crippen molar-refractivity contribution in [1.82, 2.24) is 0 Å². The summed E-state index contributed by atoms with van der Waals surface area (Å²) in [6.45, 7) is 3.88. The maximum Gasteiger partial charge on any atom is 0.194 e. The second-order valence-corrected chi connectivity index (χ2v) is 5.61. The van der Waals surface area contributed by atoms with Crippen LogP contribution in [0.25, 0.3) is 0 Å². The van der Waals surface area contributed by atoms with Gasteiger partial charge in [0.2, 0.25) is 0 Å². The fraction of sp³-hybridized carbons (Fsp3) is 0.188. The van der Waals surface area contributed by atoms with Gasteiger partial charge in [0.05, 0.1) is 7.11 Å². The molecule has 98 valence electrons. The fourth-order valence-electron chi connectivity index (χ4n) is 2.04. The summed E-state index contributed by atoms with van der Waals surface area (Å²) in [4.78, 5) is 12.6. The van der Waals surface area contributed by atoms with Crippen molar-refractivity contribution in [3.63, 3.8) is 0 Å². The van der Waals surface area contributed by atoms with Gasteiger partial charge in [-0.2, -0.15) is 0 Å². The number of methoxy groups -OCH3 is 1. The van der Waals surface area contributed by atoms with Crippen molar-refractivity contribution >= 4 is 28.4 Å². The molecule has 0 amide bonds. The minimum atomic E-state index is 0.0632. The first-order valence-electron chi connectivity index (χ1n) is 5.99. The minimum absolute atomic E-state index is 0.0632. The molecule has 0 aliphatic heterocycles. The number of carbonyl (C=O) groups excluding carboxylic acids is 1. The van der Waals surface area contributed by atoms with E-state index in [9.17, 15) is 4.79 Å². The highest BCUT2D eigenvalue weighted by molar-refractivity contribution is 14.1. The minimum Gasteiger partial charge on any atom is -0.496 e. The number of ketones is 1. The normalized spacial score (nSPS) is 10.3. The lowest BCUT2D eigenvalue weighted by Gasteiger charge is -2.11. The molecule has 2 rings (SSSR count). The van der Waals surface area contributed by atoms with Gasteiger partial charge in [0.1, 0.15) is 5.75 Å². The van der Waals surface area contributed by atoms with Gasteiger partial charge in [-0.05, 0) is 71.8 Å². The van der Waals surface area contributed by atoms with E-state index in [1.807, 2.05) is 50.2 Å². The van der Waals surface area contributed by atoms with Crippen molar-refractivity contribution in [2.45, 2.75) is 13.8 Å². The maximum absolute atomic E-state index is 12.6. The van der Waals surface area contributed by atoms with Gasteiger partial charge in [-0.1, -0.05) is 12.1 Å². The lowest BCUT2D eigenvalue weighted by molar-refractivity contribution is 0.103. The monoisotopic (exact) mass is 366 g/mol. The van der Waals surface area contributed by atoms with Gasteiger partial charge in [0.15, 0.2) is 5.78 Å². The zero-order valence-corrected chi connectivity index (χ0v) is 13.3. The lowest BCUT2D eigenvalue weighted by atomic mass is 9.97. The third kappa shape index (κ3) is 2.81. The summed E-state index contributed by atoms with van der Waals surface area (Å²) in [5.74, 6) is 0.880. The van der Waals surface area contributed by atoms with Crippen LogP contribution in [-0.2, 0) is 0 Å². The van der Waals surface area contributed by atoms with E-state index in [1.54, 1.807) is 7.11 Å². The molecule has 0 spiro atoms. The van der Waals surface area contributed by atoms with Crippen LogP contribution in [0.1, 0.15) is 27.0 Å². The predicted octanol–water partition coefficient (Wildman–Crippen LogP) is 4.15. The zero-order valence-electron chi connectivity index (χ0n) is 11.2. The van der Waals surface area contributed by atoms with Gasteiger partial charge < -0.3 is 4.74 Å². The van der Waals surface area contributed by atoms with Crippen LogP contribution in [0.5, 0.6) is 5.75 Å². The Morgan fingerprint density at radius 3 is 2.37 bits per heavy atom. The SMILES string of the molecule is COc1cc(C)c(C(=O)c2ccccc2I)cc1C. The summed E-state index contributed by atoms with van der Waals surface area (Å²) < 4.78 is 6.25. The molecule has 0 radical (unpaired) electrons. The van der Waals surface area contributed by atoms with Gasteiger partial charge >= 0.3 is 0 Å². The molecule has 0 unspecified atom stereocenters. The van der Waals surface area contributed by atoms with E-state index < -0.39 is 0 Å². The molecule has 0 N–H and O–H groups in total. The number of halogens is 1. The Morgan fingerprint density at radius 2 is 1.74 bits per heavy atom. The van der Waals surface area contributed by atoms with Crippen LogP contribution in [0.2, 0.25) is 0 Å². The first kappa shape index (κ1) is 14.1. The van der Waals surface area contributed by atoms with Gasteiger partial charge in [0.25, 0.3) is 0 Å². The van der Waals surface area contributed by atoms with E-state index in [0.29, 0.717) is 0 Å². The molecule has 0 aliphatic rings. The zero-order chi connectivity index (χ0) is 14.0. The average molecular weight is 366 g/mol. The summed E-state index contributed by atoms with van der Waals surface area (Å²) in [5.41, 5.74) is 3.40. The van der Waals surface area contributed by atoms with Crippen molar-refractivity contribution in [3.8, 4) is 5.75 Å². The summed E-state index contributed by atoms with van der Waals surface area (Å²) in [6.07, 6.45) is 0. The van der Waals surface area contributed by atoms with Crippen LogP contribution in [0.3, 0.4) is 0 Å². The molecule has 0 atom stereocenters. The second-order valence-electron chi connectivity index (χ2n) is 4.45. The molecule has 0 aliphatic carbocycles. The predicted molar refractivity (Wildman–Crippen MR) is 85.1 cm³/mol. The Kier molecular flexibility index (Phi) is 4.24. The van der Waals surface area contributed by atoms with Crippen LogP contribution >= 0.6 is 22.6 Å². The lowest BCUT2D eigenvalue weighted by Crippen LogP contribution is -2.06. The number of rotatable bonds is 3. The summed E-state index contributed by atoms with van der Waals surface area (Å²) in [5, 5.41) is 0. The molecule has 2 aromatic rings. The Morgan fingerprint density at radius 1 is 1.05 bits per heavy atom. The van der Waals surface area contributed by atoms with Crippen LogP contribution < -0.4 is 4.74 Å². The smallest absolute Gasteiger partial charge is 0.194 e. The molecule has 0 bridgehead atoms. The molecule has 0 saturated carbocycles. The van der Waals surface area contributed by atoms with Crippen LogP contribution in [0, 0.1) is 17.4 Å². The highest BCUT2D eigenvalue weighted by Gasteiger charge is 2.16. The molecule has 0 aromatic heterocycles. The number of ether oxygens (including phenoxy) is 1. The van der Waals surface area contributed by atoms with Crippen LogP contribution in [-0.4, -0.2) is 12.9 Å². The number of hydrogen-bond acceptors (Lipinski definition) is 2. The molecule has 2 nitrogen and oxygen atoms in total. The van der Waals surface area contributed by atoms with Crippen molar-refractivity contribution in [2.75, 3.05) is 7.11 Å². The van der Waals surface area contributed by atoms with Crippen molar-refractivity contribution in [1.29, 1.82) is 0 Å². The highest BCUT2D eigenvalue weighted by atomic mass is 127. The molecule has 3 heteroatoms. The van der Waals surface area contributed by atoms with E-state index in [-0.39, 0.29) is 5.78 Å².